The van der Waals surface area contributed by atoms with Crippen LogP contribution in [0.5, 0.6) is 0 Å². The molecule has 0 N–H and O–H groups in total. The maximum Gasteiger partial charge on any atom is 0.279 e. The molecule has 2 bridgehead atoms. The van der Waals surface area contributed by atoms with Crippen LogP contribution in [-0.2, 0) is 0 Å². The van der Waals surface area contributed by atoms with E-state index in [2.05, 4.69) is 58.4 Å². The predicted molar refractivity (Wildman–Crippen MR) is 150 cm³/mol. The molecule has 2 aromatic heterocycles. The minimum atomic E-state index is -0.0361. The molecule has 0 spiro atoms. The second kappa shape index (κ2) is 10.2. The Morgan fingerprint density at radius 1 is 0.703 bits per heavy atom. The van der Waals surface area contributed by atoms with Crippen LogP contribution in [0.25, 0.3) is 22.4 Å². The van der Waals surface area contributed by atoms with Crippen LogP contribution in [0.4, 0.5) is 5.69 Å². The lowest BCUT2D eigenvalue weighted by atomic mass is 9.81. The van der Waals surface area contributed by atoms with Gasteiger partial charge in [-0.25, -0.2) is 4.98 Å². The Balaban J connectivity index is 1.44. The first-order valence-electron chi connectivity index (χ1n) is 13.3. The maximum atomic E-state index is 14.1. The minimum Gasteiger partial charge on any atom is -0.365 e. The number of hydrogen-bond donors (Lipinski definition) is 0. The smallest absolute Gasteiger partial charge is 0.279 e. The molecule has 2 saturated heterocycles. The summed E-state index contributed by atoms with van der Waals surface area (Å²) in [5.41, 5.74) is 4.94. The van der Waals surface area contributed by atoms with Gasteiger partial charge < -0.3 is 9.47 Å². The molecule has 2 unspecified atom stereocenters. The summed E-state index contributed by atoms with van der Waals surface area (Å²) >= 11 is 0. The van der Waals surface area contributed by atoms with Crippen LogP contribution >= 0.6 is 0 Å². The van der Waals surface area contributed by atoms with Crippen molar-refractivity contribution in [3.63, 3.8) is 0 Å². The summed E-state index contributed by atoms with van der Waals surface area (Å²) in [5.74, 6) is 0. The first kappa shape index (κ1) is 23.4. The van der Waals surface area contributed by atoms with E-state index in [0.29, 0.717) is 23.5 Å². The van der Waals surface area contributed by atoms with Crippen molar-refractivity contribution in [2.45, 2.75) is 57.2 Å². The van der Waals surface area contributed by atoms with E-state index in [9.17, 15) is 4.79 Å². The van der Waals surface area contributed by atoms with Gasteiger partial charge in [0.15, 0.2) is 5.69 Å². The average molecular weight is 489 g/mol. The molecule has 37 heavy (non-hydrogen) atoms. The average Bonchev–Trinajstić information content (AvgIpc) is 2.90. The van der Waals surface area contributed by atoms with Gasteiger partial charge in [-0.3, -0.25) is 9.78 Å². The molecule has 6 rings (SSSR count). The number of aromatic nitrogens is 3. The number of hydrogen-bond acceptors (Lipinski definition) is 4. The van der Waals surface area contributed by atoms with Crippen molar-refractivity contribution in [3.8, 4) is 11.4 Å². The lowest BCUT2D eigenvalue weighted by Crippen LogP contribution is -2.53. The Morgan fingerprint density at radius 3 is 2.05 bits per heavy atom. The first-order chi connectivity index (χ1) is 18.2. The predicted octanol–water partition coefficient (Wildman–Crippen LogP) is 6.65. The minimum absolute atomic E-state index is 0.0361. The van der Waals surface area contributed by atoms with Crippen LogP contribution in [0.1, 0.15) is 43.8 Å². The molecule has 0 radical (unpaired) electrons. The molecule has 2 aliphatic rings. The SMILES string of the molecule is Cc1cccc(-c2nc3ccccc3n(C3CC4CCCC(C3)N4c3ccccccccc3)c2=O)n1. The third-order valence-electron chi connectivity index (χ3n) is 7.74. The fourth-order valence-corrected chi connectivity index (χ4v) is 6.20. The molecule has 5 nitrogen and oxygen atoms in total. The van der Waals surface area contributed by atoms with Crippen molar-refractivity contribution >= 4 is 16.7 Å². The number of anilines is 1. The zero-order chi connectivity index (χ0) is 25.2. The summed E-state index contributed by atoms with van der Waals surface area (Å²) in [4.78, 5) is 26.1. The van der Waals surface area contributed by atoms with Crippen molar-refractivity contribution < 1.29 is 0 Å². The van der Waals surface area contributed by atoms with Crippen LogP contribution in [0, 0.1) is 6.92 Å². The van der Waals surface area contributed by atoms with E-state index in [1.165, 1.54) is 12.1 Å². The fourth-order valence-electron chi connectivity index (χ4n) is 6.20. The van der Waals surface area contributed by atoms with E-state index in [0.717, 1.165) is 42.4 Å². The maximum absolute atomic E-state index is 14.1. The van der Waals surface area contributed by atoms with Gasteiger partial charge in [0.25, 0.3) is 5.56 Å². The number of nitrogens with zero attached hydrogens (tertiary/aromatic N) is 4. The molecule has 0 amide bonds. The molecule has 186 valence electrons. The van der Waals surface area contributed by atoms with Crippen molar-refractivity contribution in [3.05, 3.63) is 113 Å². The number of fused-ring (bicyclic) bond motifs is 3. The van der Waals surface area contributed by atoms with Gasteiger partial charge in [0.1, 0.15) is 0 Å². The van der Waals surface area contributed by atoms with E-state index in [1.54, 1.807) is 0 Å². The first-order valence-corrected chi connectivity index (χ1v) is 13.3. The monoisotopic (exact) mass is 488 g/mol. The summed E-state index contributed by atoms with van der Waals surface area (Å²) in [6.45, 7) is 1.95. The number of pyridine rings is 1. The zero-order valence-corrected chi connectivity index (χ0v) is 21.2. The Labute approximate surface area is 217 Å². The molecular weight excluding hydrogens is 456 g/mol. The molecule has 5 heteroatoms. The fraction of sp³-hybridized carbons (Fsp3) is 0.281. The van der Waals surface area contributed by atoms with Gasteiger partial charge in [-0.05, 0) is 75.4 Å². The van der Waals surface area contributed by atoms with Gasteiger partial charge >= 0.3 is 0 Å². The highest BCUT2D eigenvalue weighted by molar-refractivity contribution is 5.77. The van der Waals surface area contributed by atoms with Crippen LogP contribution in [-0.4, -0.2) is 26.6 Å². The van der Waals surface area contributed by atoms with E-state index < -0.39 is 0 Å². The van der Waals surface area contributed by atoms with E-state index in [1.807, 2.05) is 60.0 Å². The highest BCUT2D eigenvalue weighted by atomic mass is 16.1. The lowest BCUT2D eigenvalue weighted by molar-refractivity contribution is 0.230. The third-order valence-corrected chi connectivity index (χ3v) is 7.74. The van der Waals surface area contributed by atoms with E-state index in [-0.39, 0.29) is 11.6 Å². The van der Waals surface area contributed by atoms with Crippen molar-refractivity contribution in [1.29, 1.82) is 0 Å². The second-order valence-corrected chi connectivity index (χ2v) is 10.2. The van der Waals surface area contributed by atoms with Crippen molar-refractivity contribution in [2.75, 3.05) is 4.90 Å². The number of piperidine rings is 2. The number of aryl methyl sites for hydroxylation is 1. The van der Waals surface area contributed by atoms with E-state index in [4.69, 9.17) is 4.98 Å². The highest BCUT2D eigenvalue weighted by Crippen LogP contribution is 2.42. The molecular formula is C32H32N4O. The van der Waals surface area contributed by atoms with E-state index >= 15 is 0 Å². The number of benzene rings is 1. The Hall–Kier alpha value is -3.99. The van der Waals surface area contributed by atoms with Crippen LogP contribution in [0.3, 0.4) is 0 Å². The summed E-state index contributed by atoms with van der Waals surface area (Å²) < 4.78 is 2.04. The Morgan fingerprint density at radius 2 is 1.35 bits per heavy atom. The topological polar surface area (TPSA) is 51.0 Å². The molecule has 2 atom stereocenters. The second-order valence-electron chi connectivity index (χ2n) is 10.2. The van der Waals surface area contributed by atoms with Crippen molar-refractivity contribution in [1.82, 2.24) is 14.5 Å². The van der Waals surface area contributed by atoms with Gasteiger partial charge in [-0.15, -0.1) is 0 Å². The Bertz CT molecular complexity index is 1500. The molecule has 2 aliphatic heterocycles. The lowest BCUT2D eigenvalue weighted by Gasteiger charge is -2.50. The summed E-state index contributed by atoms with van der Waals surface area (Å²) in [6.07, 6.45) is 5.40. The van der Waals surface area contributed by atoms with Crippen LogP contribution < -0.4 is 10.5 Å². The highest BCUT2D eigenvalue weighted by Gasteiger charge is 2.39. The van der Waals surface area contributed by atoms with Crippen molar-refractivity contribution in [2.24, 2.45) is 0 Å². The van der Waals surface area contributed by atoms with Crippen LogP contribution in [0.15, 0.2) is 102 Å². The van der Waals surface area contributed by atoms with Gasteiger partial charge in [0, 0.05) is 29.5 Å². The van der Waals surface area contributed by atoms with Gasteiger partial charge in [0.05, 0.1) is 16.7 Å². The third kappa shape index (κ3) is 4.62. The van der Waals surface area contributed by atoms with Gasteiger partial charge in [0.2, 0.25) is 0 Å². The molecule has 0 saturated carbocycles. The molecule has 4 aromatic rings. The number of rotatable bonds is 3. The molecule has 2 fully saturated rings. The standard InChI is InChI=1S/C32H32N4O/c1-23-13-11-19-29(33-23)31-32(37)36(30-20-10-9-18-28(30)34-31)27-21-25-16-12-17-26(22-27)35(25)24-14-7-5-3-2-4-6-8-15-24/h2-11,13-15,18-20,25-27H,12,16-17,21-22H2,1H3. The quantitative estimate of drug-likeness (QED) is 0.324. The molecule has 2 aromatic carbocycles. The Kier molecular flexibility index (Phi) is 6.44. The molecule has 0 aliphatic carbocycles. The normalized spacial score (nSPS) is 20.9. The zero-order valence-electron chi connectivity index (χ0n) is 21.2. The largest absolute Gasteiger partial charge is 0.365 e. The summed E-state index contributed by atoms with van der Waals surface area (Å²) in [7, 11) is 0. The molecule has 4 heterocycles. The number of para-hydroxylation sites is 2. The van der Waals surface area contributed by atoms with Crippen LogP contribution in [0.2, 0.25) is 0 Å². The summed E-state index contributed by atoms with van der Waals surface area (Å²) in [6, 6.07) is 33.7. The van der Waals surface area contributed by atoms with Gasteiger partial charge in [-0.1, -0.05) is 60.7 Å². The van der Waals surface area contributed by atoms with Gasteiger partial charge in [-0.2, -0.15) is 0 Å². The summed E-state index contributed by atoms with van der Waals surface area (Å²) in [5, 5.41) is 0.